The van der Waals surface area contributed by atoms with E-state index in [0.717, 1.165) is 0 Å². The third-order valence-electron chi connectivity index (χ3n) is 0. The third kappa shape index (κ3) is 209. The molecule has 0 atom stereocenters. The SMILES string of the molecule is O.O.O.O.O.O.[BH4-].[Cl-].[Na+].[Na+].[Ni]. The van der Waals surface area contributed by atoms with E-state index in [1.165, 1.54) is 0 Å². The van der Waals surface area contributed by atoms with Crippen LogP contribution < -0.4 is 71.5 Å². The minimum Gasteiger partial charge on any atom is -1.00 e. The van der Waals surface area contributed by atoms with Crippen LogP contribution in [0.3, 0.4) is 0 Å². The summed E-state index contributed by atoms with van der Waals surface area (Å²) in [5.74, 6) is 0. The van der Waals surface area contributed by atoms with Gasteiger partial charge in [-0.3, -0.25) is 0 Å². The summed E-state index contributed by atoms with van der Waals surface area (Å²) in [5.41, 5.74) is 0. The average molecular weight is 263 g/mol. The van der Waals surface area contributed by atoms with Crippen LogP contribution in [0.4, 0.5) is 0 Å². The van der Waals surface area contributed by atoms with Crippen LogP contribution in [0, 0.1) is 0 Å². The number of hydrogen-bond acceptors (Lipinski definition) is 0. The Balaban J connectivity index is 0. The summed E-state index contributed by atoms with van der Waals surface area (Å²) in [6.07, 6.45) is 0. The van der Waals surface area contributed by atoms with Crippen molar-refractivity contribution in [2.75, 3.05) is 0 Å². The van der Waals surface area contributed by atoms with Gasteiger partial charge in [0, 0.05) is 16.5 Å². The molecule has 0 aromatic carbocycles. The van der Waals surface area contributed by atoms with E-state index in [2.05, 4.69) is 0 Å². The van der Waals surface area contributed by atoms with Gasteiger partial charge < -0.3 is 45.3 Å². The fraction of sp³-hybridized carbons (Fsp3) is 0. The maximum absolute atomic E-state index is 0. The summed E-state index contributed by atoms with van der Waals surface area (Å²) in [6.45, 7) is 0. The van der Waals surface area contributed by atoms with E-state index >= 15 is 0 Å². The molecule has 0 unspecified atom stereocenters. The van der Waals surface area contributed by atoms with E-state index in [9.17, 15) is 0 Å². The molecular weight excluding hydrogens is 247 g/mol. The van der Waals surface area contributed by atoms with Gasteiger partial charge in [-0.2, -0.15) is 0 Å². The molecule has 0 aromatic rings. The number of rotatable bonds is 0. The molecule has 6 nitrogen and oxygen atoms in total. The van der Waals surface area contributed by atoms with Gasteiger partial charge in [0.25, 0.3) is 0 Å². The first-order valence-electron chi connectivity index (χ1n) is 0. The molecule has 0 radical (unpaired) electrons. The van der Waals surface area contributed by atoms with Crippen LogP contribution in [-0.2, 0) is 16.5 Å². The van der Waals surface area contributed by atoms with Crippen LogP contribution in [0.2, 0.25) is 0 Å². The van der Waals surface area contributed by atoms with Crippen molar-refractivity contribution in [1.29, 1.82) is 0 Å². The predicted octanol–water partition coefficient (Wildman–Crippen LogP) is -15.4. The van der Waals surface area contributed by atoms with Gasteiger partial charge in [-0.15, -0.1) is 0 Å². The quantitative estimate of drug-likeness (QED) is 0.375. The Bertz CT molecular complexity index is 20.5. The van der Waals surface area contributed by atoms with Crippen molar-refractivity contribution in [3.63, 3.8) is 0 Å². The zero-order valence-electron chi connectivity index (χ0n) is 5.69. The molecule has 0 saturated heterocycles. The first kappa shape index (κ1) is 318. The van der Waals surface area contributed by atoms with Crippen molar-refractivity contribution in [2.24, 2.45) is 0 Å². The Hall–Kier alpha value is 2.61. The summed E-state index contributed by atoms with van der Waals surface area (Å²) in [4.78, 5) is 0. The first-order valence-corrected chi connectivity index (χ1v) is 0. The van der Waals surface area contributed by atoms with Crippen LogP contribution in [0.5, 0.6) is 0 Å². The molecule has 0 fully saturated rings. The summed E-state index contributed by atoms with van der Waals surface area (Å²) in [5, 5.41) is 0. The van der Waals surface area contributed by atoms with Gasteiger partial charge in [-0.05, 0) is 0 Å². The van der Waals surface area contributed by atoms with Crippen LogP contribution in [0.25, 0.3) is 0 Å². The molecule has 0 amide bonds. The maximum Gasteiger partial charge on any atom is 1.00 e. The molecule has 12 N–H and O–H groups in total. The first-order chi connectivity index (χ1) is 0. The molecule has 0 heterocycles. The maximum atomic E-state index is 0. The zero-order valence-corrected chi connectivity index (χ0v) is 11.4. The smallest absolute Gasteiger partial charge is 1.00 e. The molecule has 0 saturated carbocycles. The largest absolute Gasteiger partial charge is 1.00 e. The predicted molar refractivity (Wildman–Crippen MR) is 33.0 cm³/mol. The van der Waals surface area contributed by atoms with E-state index in [-0.39, 0.29) is 129 Å². The molecule has 0 aliphatic carbocycles. The van der Waals surface area contributed by atoms with Crippen LogP contribution in [0.15, 0.2) is 0 Å². The van der Waals surface area contributed by atoms with E-state index in [0.29, 0.717) is 0 Å². The topological polar surface area (TPSA) is 189 Å². The Kier molecular flexibility index (Phi) is 7220. The van der Waals surface area contributed by atoms with Gasteiger partial charge in [0.05, 0.1) is 0 Å². The summed E-state index contributed by atoms with van der Waals surface area (Å²) >= 11 is 0. The Morgan fingerprint density at radius 1 is 0.455 bits per heavy atom. The van der Waals surface area contributed by atoms with Crippen molar-refractivity contribution >= 4 is 8.41 Å². The molecule has 0 aliphatic heterocycles. The minimum atomic E-state index is 0. The zero-order chi connectivity index (χ0) is 0. The summed E-state index contributed by atoms with van der Waals surface area (Å²) < 4.78 is 0. The second-order valence-corrected chi connectivity index (χ2v) is 0. The van der Waals surface area contributed by atoms with E-state index < -0.39 is 0 Å². The van der Waals surface area contributed by atoms with Gasteiger partial charge >= 0.3 is 59.1 Å². The van der Waals surface area contributed by atoms with Crippen LogP contribution in [-0.4, -0.2) is 41.3 Å². The Morgan fingerprint density at radius 3 is 0.455 bits per heavy atom. The number of hydrogen-bond donors (Lipinski definition) is 0. The second-order valence-electron chi connectivity index (χ2n) is 0. The summed E-state index contributed by atoms with van der Waals surface area (Å²) in [6, 6.07) is 0. The average Bonchev–Trinajstić information content (AvgIpc) is 0. The van der Waals surface area contributed by atoms with Gasteiger partial charge in [0.1, 0.15) is 0 Å². The van der Waals surface area contributed by atoms with Crippen molar-refractivity contribution in [2.45, 2.75) is 0 Å². The fourth-order valence-electron chi connectivity index (χ4n) is 0. The normalized spacial score (nSPS) is 0. The molecule has 0 spiro atoms. The van der Waals surface area contributed by atoms with Crippen molar-refractivity contribution in [3.05, 3.63) is 0 Å². The van der Waals surface area contributed by atoms with Gasteiger partial charge in [0.15, 0.2) is 0 Å². The van der Waals surface area contributed by atoms with Crippen molar-refractivity contribution < 1.29 is 121 Å². The Labute approximate surface area is 128 Å². The molecule has 74 valence electrons. The second kappa shape index (κ2) is 250. The van der Waals surface area contributed by atoms with Crippen molar-refractivity contribution in [3.8, 4) is 0 Å². The van der Waals surface area contributed by atoms with Gasteiger partial charge in [0.2, 0.25) is 0 Å². The molecule has 11 heavy (non-hydrogen) atoms. The Morgan fingerprint density at radius 2 is 0.455 bits per heavy atom. The molecule has 0 bridgehead atoms. The molecular formula is H16BClNa2NiO6. The van der Waals surface area contributed by atoms with E-state index in [1.807, 2.05) is 0 Å². The van der Waals surface area contributed by atoms with Gasteiger partial charge in [-0.25, -0.2) is 0 Å². The molecule has 0 aromatic heterocycles. The fourth-order valence-corrected chi connectivity index (χ4v) is 0. The third-order valence-corrected chi connectivity index (χ3v) is 0. The molecule has 0 rings (SSSR count). The van der Waals surface area contributed by atoms with Crippen LogP contribution in [0.1, 0.15) is 0 Å². The monoisotopic (exact) mass is 262 g/mol. The number of halogens is 1. The minimum absolute atomic E-state index is 0. The molecule has 0 aliphatic rings. The molecule has 11 heteroatoms. The van der Waals surface area contributed by atoms with Crippen molar-refractivity contribution in [1.82, 2.24) is 0 Å². The van der Waals surface area contributed by atoms with Crippen LogP contribution >= 0.6 is 0 Å². The van der Waals surface area contributed by atoms with Gasteiger partial charge in [-0.1, -0.05) is 8.41 Å². The van der Waals surface area contributed by atoms with E-state index in [1.54, 1.807) is 0 Å². The standard InChI is InChI=1S/BH4.ClH.2Na.Ni.6H2O/h1H4;1H;;;;6*1H2/q-1;;2*+1;;;;;;;/p-1. The summed E-state index contributed by atoms with van der Waals surface area (Å²) in [7, 11) is 0. The van der Waals surface area contributed by atoms with E-state index in [4.69, 9.17) is 0 Å².